The fourth-order valence-corrected chi connectivity index (χ4v) is 0.604. The number of aliphatic hydroxyl groups excluding tert-OH is 1. The molecule has 0 fully saturated rings. The van der Waals surface area contributed by atoms with Gasteiger partial charge in [-0.15, -0.1) is 0 Å². The van der Waals surface area contributed by atoms with E-state index in [0.29, 0.717) is 17.3 Å². The van der Waals surface area contributed by atoms with Crippen LogP contribution in [0.5, 0.6) is 0 Å². The normalized spacial score (nSPS) is 13.6. The third kappa shape index (κ3) is 7.88. The summed E-state index contributed by atoms with van der Waals surface area (Å²) >= 11 is 0. The lowest BCUT2D eigenvalue weighted by Crippen LogP contribution is -3.00. The van der Waals surface area contributed by atoms with E-state index in [-0.39, 0.29) is 12.4 Å². The lowest BCUT2D eigenvalue weighted by atomic mass is 10.3. The van der Waals surface area contributed by atoms with Crippen molar-refractivity contribution in [2.24, 2.45) is 0 Å². The molecule has 0 rings (SSSR count). The van der Waals surface area contributed by atoms with Crippen LogP contribution in [0.2, 0.25) is 0 Å². The average molecular weight is 168 g/mol. The van der Waals surface area contributed by atoms with E-state index in [1.54, 1.807) is 0 Å². The molecule has 0 saturated carbocycles. The van der Waals surface area contributed by atoms with Gasteiger partial charge in [0, 0.05) is 0 Å². The van der Waals surface area contributed by atoms with E-state index in [2.05, 4.69) is 0 Å². The van der Waals surface area contributed by atoms with Gasteiger partial charge in [-0.25, -0.2) is 0 Å². The number of halogens is 1. The summed E-state index contributed by atoms with van der Waals surface area (Å²) in [5.74, 6) is 0. The van der Waals surface area contributed by atoms with Gasteiger partial charge in [-0.1, -0.05) is 0 Å². The molecule has 0 aromatic carbocycles. The molecule has 0 aromatic heterocycles. The summed E-state index contributed by atoms with van der Waals surface area (Å²) < 4.78 is 0.611. The number of quaternary nitrogens is 1. The molecule has 10 heavy (non-hydrogen) atoms. The lowest BCUT2D eigenvalue weighted by molar-refractivity contribution is -0.872. The Balaban J connectivity index is 0. The minimum absolute atomic E-state index is 0. The second kappa shape index (κ2) is 4.66. The molecular weight excluding hydrogens is 154 g/mol. The predicted molar refractivity (Wildman–Crippen MR) is 35.0 cm³/mol. The second-order valence-electron chi connectivity index (χ2n) is 3.18. The molecule has 4 heteroatoms. The highest BCUT2D eigenvalue weighted by Gasteiger charge is 2.13. The van der Waals surface area contributed by atoms with Crippen LogP contribution in [0.4, 0.5) is 0 Å². The van der Waals surface area contributed by atoms with Crippen molar-refractivity contribution in [1.29, 1.82) is 0 Å². The van der Waals surface area contributed by atoms with Crippen LogP contribution in [-0.2, 0) is 4.79 Å². The predicted octanol–water partition coefficient (Wildman–Crippen LogP) is -3.74. The number of nitrogens with zero attached hydrogens (tertiary/aromatic N) is 1. The summed E-state index contributed by atoms with van der Waals surface area (Å²) in [4.78, 5) is 9.92. The van der Waals surface area contributed by atoms with Crippen LogP contribution < -0.4 is 12.4 Å². The first-order valence-electron chi connectivity index (χ1n) is 2.89. The summed E-state index contributed by atoms with van der Waals surface area (Å²) in [6.07, 6.45) is -0.256. The maximum Gasteiger partial charge on any atom is 0.158 e. The quantitative estimate of drug-likeness (QED) is 0.347. The van der Waals surface area contributed by atoms with E-state index in [4.69, 9.17) is 5.11 Å². The molecule has 62 valence electrons. The second-order valence-corrected chi connectivity index (χ2v) is 3.18. The number of hydrogen-bond acceptors (Lipinski definition) is 2. The molecule has 0 saturated heterocycles. The summed E-state index contributed by atoms with van der Waals surface area (Å²) in [6.45, 7) is 0.476. The van der Waals surface area contributed by atoms with Gasteiger partial charge < -0.3 is 26.8 Å². The van der Waals surface area contributed by atoms with E-state index in [1.165, 1.54) is 0 Å². The van der Waals surface area contributed by atoms with E-state index in [9.17, 15) is 4.79 Å². The Kier molecular flexibility index (Phi) is 5.84. The SMILES string of the molecule is C[N+](C)(C)CC(O)C=O.[Cl-]. The third-order valence-electron chi connectivity index (χ3n) is 0.892. The van der Waals surface area contributed by atoms with Crippen molar-refractivity contribution in [3.63, 3.8) is 0 Å². The highest BCUT2D eigenvalue weighted by molar-refractivity contribution is 5.55. The van der Waals surface area contributed by atoms with Gasteiger partial charge in [-0.3, -0.25) is 0 Å². The molecule has 1 N–H and O–H groups in total. The summed E-state index contributed by atoms with van der Waals surface area (Å²) in [5, 5.41) is 8.81. The van der Waals surface area contributed by atoms with Crippen LogP contribution in [0.3, 0.4) is 0 Å². The molecule has 0 radical (unpaired) electrons. The molecule has 0 heterocycles. The Bertz CT molecular complexity index is 100. The number of hydrogen-bond donors (Lipinski definition) is 1. The van der Waals surface area contributed by atoms with E-state index >= 15 is 0 Å². The number of carbonyl (C=O) groups excluding carboxylic acids is 1. The number of aliphatic hydroxyl groups is 1. The zero-order valence-corrected chi connectivity index (χ0v) is 7.30. The van der Waals surface area contributed by atoms with Gasteiger partial charge in [0.05, 0.1) is 21.1 Å². The van der Waals surface area contributed by atoms with E-state index in [0.717, 1.165) is 0 Å². The van der Waals surface area contributed by atoms with Crippen LogP contribution in [-0.4, -0.2) is 49.7 Å². The molecule has 0 aliphatic rings. The Labute approximate surface area is 67.6 Å². The van der Waals surface area contributed by atoms with Crippen LogP contribution in [0.15, 0.2) is 0 Å². The molecule has 1 atom stereocenters. The number of likely N-dealkylation sites (N-methyl/N-ethyl adjacent to an activating group) is 1. The van der Waals surface area contributed by atoms with Crippen molar-refractivity contribution in [3.8, 4) is 0 Å². The molecular formula is C6H14ClNO2. The monoisotopic (exact) mass is 167 g/mol. The first-order chi connectivity index (χ1) is 3.95. The number of carbonyl (C=O) groups is 1. The minimum atomic E-state index is -0.815. The molecule has 3 nitrogen and oxygen atoms in total. The van der Waals surface area contributed by atoms with Crippen molar-refractivity contribution in [3.05, 3.63) is 0 Å². The Hall–Kier alpha value is -0.120. The number of rotatable bonds is 3. The maximum absolute atomic E-state index is 9.92. The minimum Gasteiger partial charge on any atom is -1.00 e. The van der Waals surface area contributed by atoms with Gasteiger partial charge in [0.25, 0.3) is 0 Å². The fourth-order valence-electron chi connectivity index (χ4n) is 0.604. The highest BCUT2D eigenvalue weighted by atomic mass is 35.5. The standard InChI is InChI=1S/C6H14NO2.ClH/c1-7(2,3)4-6(9)5-8;/h5-6,9H,4H2,1-3H3;1H/q+1;/p-1. The number of aldehydes is 1. The van der Waals surface area contributed by atoms with Crippen LogP contribution in [0.25, 0.3) is 0 Å². The summed E-state index contributed by atoms with van der Waals surface area (Å²) in [7, 11) is 5.77. The van der Waals surface area contributed by atoms with Gasteiger partial charge in [0.1, 0.15) is 6.54 Å². The molecule has 1 unspecified atom stereocenters. The van der Waals surface area contributed by atoms with Gasteiger partial charge in [-0.2, -0.15) is 0 Å². The molecule has 0 aromatic rings. The first-order valence-corrected chi connectivity index (χ1v) is 2.89. The third-order valence-corrected chi connectivity index (χ3v) is 0.892. The molecule has 0 aliphatic heterocycles. The average Bonchev–Trinajstić information content (AvgIpc) is 1.62. The zero-order chi connectivity index (χ0) is 7.49. The zero-order valence-electron chi connectivity index (χ0n) is 6.54. The molecule has 0 aliphatic carbocycles. The van der Waals surface area contributed by atoms with Gasteiger partial charge >= 0.3 is 0 Å². The van der Waals surface area contributed by atoms with Gasteiger partial charge in [0.2, 0.25) is 0 Å². The van der Waals surface area contributed by atoms with Gasteiger partial charge in [0.15, 0.2) is 12.4 Å². The van der Waals surface area contributed by atoms with Crippen LogP contribution in [0.1, 0.15) is 0 Å². The fraction of sp³-hybridized carbons (Fsp3) is 0.833. The lowest BCUT2D eigenvalue weighted by Gasteiger charge is -2.24. The molecule has 0 amide bonds. The van der Waals surface area contributed by atoms with E-state index < -0.39 is 6.10 Å². The Morgan fingerprint density at radius 3 is 2.00 bits per heavy atom. The summed E-state index contributed by atoms with van der Waals surface area (Å²) in [5.41, 5.74) is 0. The van der Waals surface area contributed by atoms with Crippen molar-refractivity contribution >= 4 is 6.29 Å². The topological polar surface area (TPSA) is 37.3 Å². The van der Waals surface area contributed by atoms with E-state index in [1.807, 2.05) is 21.1 Å². The molecule has 0 spiro atoms. The summed E-state index contributed by atoms with van der Waals surface area (Å²) in [6, 6.07) is 0. The van der Waals surface area contributed by atoms with Crippen molar-refractivity contribution in [2.75, 3.05) is 27.7 Å². The van der Waals surface area contributed by atoms with Crippen molar-refractivity contribution < 1.29 is 26.8 Å². The largest absolute Gasteiger partial charge is 1.00 e. The Morgan fingerprint density at radius 1 is 1.50 bits per heavy atom. The first kappa shape index (κ1) is 12.5. The smallest absolute Gasteiger partial charge is 0.158 e. The van der Waals surface area contributed by atoms with Crippen LogP contribution in [0, 0.1) is 0 Å². The van der Waals surface area contributed by atoms with Gasteiger partial charge in [-0.05, 0) is 0 Å². The Morgan fingerprint density at radius 2 is 1.90 bits per heavy atom. The van der Waals surface area contributed by atoms with Crippen molar-refractivity contribution in [1.82, 2.24) is 0 Å². The van der Waals surface area contributed by atoms with Crippen molar-refractivity contribution in [2.45, 2.75) is 6.10 Å². The molecule has 0 bridgehead atoms. The van der Waals surface area contributed by atoms with Crippen LogP contribution >= 0.6 is 0 Å². The maximum atomic E-state index is 9.92. The highest BCUT2D eigenvalue weighted by Crippen LogP contribution is 1.91.